The monoisotopic (exact) mass is 238 g/mol. The highest BCUT2D eigenvalue weighted by Crippen LogP contribution is 2.49. The largest absolute Gasteiger partial charge is 0.380 e. The zero-order valence-corrected chi connectivity index (χ0v) is 11.1. The van der Waals surface area contributed by atoms with Crippen molar-refractivity contribution in [3.8, 4) is 0 Å². The fourth-order valence-electron chi connectivity index (χ4n) is 4.12. The molecule has 3 aliphatic heterocycles. The Morgan fingerprint density at radius 3 is 2.12 bits per heavy atom. The van der Waals surface area contributed by atoms with E-state index in [0.29, 0.717) is 5.41 Å². The van der Waals surface area contributed by atoms with E-state index in [-0.39, 0.29) is 0 Å². The van der Waals surface area contributed by atoms with Gasteiger partial charge in [0.05, 0.1) is 13.2 Å². The van der Waals surface area contributed by atoms with Gasteiger partial charge in [0.1, 0.15) is 0 Å². The summed E-state index contributed by atoms with van der Waals surface area (Å²) in [5.41, 5.74) is 0.559. The van der Waals surface area contributed by atoms with E-state index >= 15 is 0 Å². The average Bonchev–Trinajstić information content (AvgIpc) is 2.32. The molecule has 0 aromatic heterocycles. The number of nitrogens with zero attached hydrogens (tertiary/aromatic N) is 1. The van der Waals surface area contributed by atoms with Gasteiger partial charge in [-0.1, -0.05) is 0 Å². The predicted molar refractivity (Wildman–Crippen MR) is 69.1 cm³/mol. The number of piperidine rings is 2. The van der Waals surface area contributed by atoms with Gasteiger partial charge < -0.3 is 15.0 Å². The first kappa shape index (κ1) is 11.9. The Hall–Kier alpha value is -0.120. The maximum atomic E-state index is 5.64. The summed E-state index contributed by atoms with van der Waals surface area (Å²) in [6, 6.07) is 0. The molecule has 3 heteroatoms. The van der Waals surface area contributed by atoms with Crippen molar-refractivity contribution in [1.82, 2.24) is 10.2 Å². The fourth-order valence-corrected chi connectivity index (χ4v) is 4.12. The van der Waals surface area contributed by atoms with Crippen LogP contribution in [0, 0.1) is 17.3 Å². The Kier molecular flexibility index (Phi) is 3.42. The van der Waals surface area contributed by atoms with E-state index in [1.54, 1.807) is 0 Å². The number of ether oxygens (including phenoxy) is 1. The van der Waals surface area contributed by atoms with Crippen LogP contribution in [0.4, 0.5) is 0 Å². The molecule has 0 aliphatic carbocycles. The van der Waals surface area contributed by atoms with Gasteiger partial charge in [0.25, 0.3) is 0 Å². The molecule has 0 amide bonds. The smallest absolute Gasteiger partial charge is 0.0550 e. The van der Waals surface area contributed by atoms with Gasteiger partial charge in [0.15, 0.2) is 0 Å². The summed E-state index contributed by atoms with van der Waals surface area (Å²) in [6.45, 7) is 7.12. The molecule has 3 saturated heterocycles. The quantitative estimate of drug-likeness (QED) is 0.786. The van der Waals surface area contributed by atoms with Gasteiger partial charge in [-0.15, -0.1) is 0 Å². The molecule has 0 saturated carbocycles. The maximum absolute atomic E-state index is 5.64. The lowest BCUT2D eigenvalue weighted by Gasteiger charge is -2.55. The molecule has 98 valence electrons. The number of nitrogens with one attached hydrogen (secondary N) is 1. The van der Waals surface area contributed by atoms with E-state index in [4.69, 9.17) is 4.74 Å². The third-order valence-corrected chi connectivity index (χ3v) is 5.43. The normalized spacial score (nSPS) is 32.3. The number of hydrogen-bond acceptors (Lipinski definition) is 3. The van der Waals surface area contributed by atoms with Gasteiger partial charge in [-0.05, 0) is 70.7 Å². The van der Waals surface area contributed by atoms with Crippen LogP contribution >= 0.6 is 0 Å². The Morgan fingerprint density at radius 1 is 1.00 bits per heavy atom. The molecule has 0 unspecified atom stereocenters. The average molecular weight is 238 g/mol. The van der Waals surface area contributed by atoms with E-state index in [2.05, 4.69) is 17.3 Å². The standard InChI is InChI=1S/C14H26N2O/c1-16-8-4-13(5-9-16)14(10-17-11-14)12-2-6-15-7-3-12/h12-13,15H,2-11H2,1H3. The van der Waals surface area contributed by atoms with E-state index < -0.39 is 0 Å². The summed E-state index contributed by atoms with van der Waals surface area (Å²) in [6.07, 6.45) is 5.53. The summed E-state index contributed by atoms with van der Waals surface area (Å²) >= 11 is 0. The second kappa shape index (κ2) is 4.87. The highest BCUT2D eigenvalue weighted by Gasteiger charge is 2.51. The maximum Gasteiger partial charge on any atom is 0.0550 e. The molecule has 3 heterocycles. The number of hydrogen-bond donors (Lipinski definition) is 1. The summed E-state index contributed by atoms with van der Waals surface area (Å²) in [5, 5.41) is 3.50. The van der Waals surface area contributed by atoms with Gasteiger partial charge in [0.2, 0.25) is 0 Å². The van der Waals surface area contributed by atoms with Gasteiger partial charge in [-0.3, -0.25) is 0 Å². The molecular weight excluding hydrogens is 212 g/mol. The van der Waals surface area contributed by atoms with Crippen molar-refractivity contribution in [3.63, 3.8) is 0 Å². The highest BCUT2D eigenvalue weighted by molar-refractivity contribution is 4.99. The number of rotatable bonds is 2. The van der Waals surface area contributed by atoms with E-state index in [1.807, 2.05) is 0 Å². The molecule has 3 nitrogen and oxygen atoms in total. The summed E-state index contributed by atoms with van der Waals surface area (Å²) < 4.78 is 5.64. The summed E-state index contributed by atoms with van der Waals surface area (Å²) in [5.74, 6) is 1.85. The second-order valence-corrected chi connectivity index (χ2v) is 6.33. The van der Waals surface area contributed by atoms with Crippen molar-refractivity contribution < 1.29 is 4.74 Å². The van der Waals surface area contributed by atoms with Crippen LogP contribution in [0.1, 0.15) is 25.7 Å². The lowest BCUT2D eigenvalue weighted by atomic mass is 9.60. The van der Waals surface area contributed by atoms with Crippen molar-refractivity contribution in [2.45, 2.75) is 25.7 Å². The lowest BCUT2D eigenvalue weighted by Crippen LogP contribution is -2.57. The van der Waals surface area contributed by atoms with Gasteiger partial charge >= 0.3 is 0 Å². The van der Waals surface area contributed by atoms with Crippen LogP contribution in [-0.2, 0) is 4.74 Å². The zero-order valence-electron chi connectivity index (χ0n) is 11.1. The minimum atomic E-state index is 0.559. The summed E-state index contributed by atoms with van der Waals surface area (Å²) in [4.78, 5) is 2.48. The van der Waals surface area contributed by atoms with Crippen molar-refractivity contribution in [2.24, 2.45) is 17.3 Å². The Balaban J connectivity index is 1.68. The SMILES string of the molecule is CN1CCC(C2(C3CCNCC3)COC2)CC1. The minimum Gasteiger partial charge on any atom is -0.380 e. The molecule has 3 fully saturated rings. The lowest BCUT2D eigenvalue weighted by molar-refractivity contribution is -0.190. The van der Waals surface area contributed by atoms with Crippen LogP contribution in [0.2, 0.25) is 0 Å². The van der Waals surface area contributed by atoms with Crippen LogP contribution in [0.5, 0.6) is 0 Å². The predicted octanol–water partition coefficient (Wildman–Crippen LogP) is 1.34. The van der Waals surface area contributed by atoms with E-state index in [1.165, 1.54) is 51.9 Å². The van der Waals surface area contributed by atoms with Crippen molar-refractivity contribution in [1.29, 1.82) is 0 Å². The molecule has 1 N–H and O–H groups in total. The topological polar surface area (TPSA) is 24.5 Å². The third kappa shape index (κ3) is 2.13. The van der Waals surface area contributed by atoms with Crippen molar-refractivity contribution in [2.75, 3.05) is 46.4 Å². The van der Waals surface area contributed by atoms with Crippen LogP contribution in [-0.4, -0.2) is 51.3 Å². The molecular formula is C14H26N2O. The molecule has 0 bridgehead atoms. The van der Waals surface area contributed by atoms with Crippen molar-refractivity contribution >= 4 is 0 Å². The van der Waals surface area contributed by atoms with Crippen molar-refractivity contribution in [3.05, 3.63) is 0 Å². The van der Waals surface area contributed by atoms with Gasteiger partial charge in [-0.25, -0.2) is 0 Å². The molecule has 0 spiro atoms. The van der Waals surface area contributed by atoms with Crippen LogP contribution < -0.4 is 5.32 Å². The zero-order chi connectivity index (χ0) is 11.7. The fraction of sp³-hybridized carbons (Fsp3) is 1.00. The molecule has 0 aromatic rings. The molecule has 3 aliphatic rings. The Morgan fingerprint density at radius 2 is 1.59 bits per heavy atom. The molecule has 0 aromatic carbocycles. The van der Waals surface area contributed by atoms with E-state index in [9.17, 15) is 0 Å². The first-order chi connectivity index (χ1) is 8.31. The Bertz CT molecular complexity index is 251. The first-order valence-corrected chi connectivity index (χ1v) is 7.28. The van der Waals surface area contributed by atoms with E-state index in [0.717, 1.165) is 25.0 Å². The first-order valence-electron chi connectivity index (χ1n) is 7.28. The third-order valence-electron chi connectivity index (χ3n) is 5.43. The molecule has 0 radical (unpaired) electrons. The number of likely N-dealkylation sites (tertiary alicyclic amines) is 1. The summed E-state index contributed by atoms with van der Waals surface area (Å²) in [7, 11) is 2.25. The van der Waals surface area contributed by atoms with Crippen LogP contribution in [0.15, 0.2) is 0 Å². The highest BCUT2D eigenvalue weighted by atomic mass is 16.5. The van der Waals surface area contributed by atoms with Gasteiger partial charge in [-0.2, -0.15) is 0 Å². The second-order valence-electron chi connectivity index (χ2n) is 6.33. The van der Waals surface area contributed by atoms with Crippen LogP contribution in [0.3, 0.4) is 0 Å². The molecule has 0 atom stereocenters. The Labute approximate surface area is 105 Å². The van der Waals surface area contributed by atoms with Gasteiger partial charge in [0, 0.05) is 5.41 Å². The van der Waals surface area contributed by atoms with Crippen LogP contribution in [0.25, 0.3) is 0 Å². The minimum absolute atomic E-state index is 0.559. The molecule has 3 rings (SSSR count). The molecule has 17 heavy (non-hydrogen) atoms.